The summed E-state index contributed by atoms with van der Waals surface area (Å²) in [4.78, 5) is 32.4. The first-order chi connectivity index (χ1) is 35.6. The lowest BCUT2D eigenvalue weighted by atomic mass is 9.65. The van der Waals surface area contributed by atoms with Gasteiger partial charge in [0.15, 0.2) is 11.6 Å². The van der Waals surface area contributed by atoms with E-state index in [2.05, 4.69) is 171 Å². The van der Waals surface area contributed by atoms with Crippen molar-refractivity contribution < 1.29 is 9.59 Å². The Balaban J connectivity index is 0.907. The van der Waals surface area contributed by atoms with Crippen LogP contribution in [-0.4, -0.2) is 11.6 Å². The SMILES string of the molecule is CCCC1(N(c2ccc(C(=O)c3ccccc3)cc2)c2ccc3ccccc3c2)c2cc3c(cc21)C(C)(C)c1cc2c(cc1-3)CC2(CC)N(c1ccc(C(=O)c2ccccc2)cc1)c1ccc2ccccc2c1. The molecule has 0 aliphatic heterocycles. The third-order valence-corrected chi connectivity index (χ3v) is 16.7. The highest BCUT2D eigenvalue weighted by Crippen LogP contribution is 2.64. The molecule has 2 atom stereocenters. The number of benzene rings is 10. The summed E-state index contributed by atoms with van der Waals surface area (Å²) >= 11 is 0. The van der Waals surface area contributed by atoms with E-state index in [4.69, 9.17) is 0 Å². The predicted octanol–water partition coefficient (Wildman–Crippen LogP) is 17.0. The Labute approximate surface area is 428 Å². The quantitative estimate of drug-likeness (QED) is 0.108. The van der Waals surface area contributed by atoms with E-state index in [1.165, 1.54) is 66.1 Å². The first kappa shape index (κ1) is 44.6. The van der Waals surface area contributed by atoms with Gasteiger partial charge >= 0.3 is 0 Å². The molecule has 4 nitrogen and oxygen atoms in total. The number of hydrogen-bond donors (Lipinski definition) is 0. The van der Waals surface area contributed by atoms with Gasteiger partial charge in [-0.15, -0.1) is 0 Å². The molecule has 13 rings (SSSR count). The zero-order valence-electron chi connectivity index (χ0n) is 41.8. The normalized spacial score (nSPS) is 17.5. The van der Waals surface area contributed by atoms with E-state index in [0.29, 0.717) is 22.3 Å². The highest BCUT2D eigenvalue weighted by atomic mass is 16.1. The van der Waals surface area contributed by atoms with Crippen LogP contribution in [0.15, 0.2) is 218 Å². The van der Waals surface area contributed by atoms with Crippen LogP contribution < -0.4 is 9.80 Å². The Morgan fingerprint density at radius 1 is 0.411 bits per heavy atom. The van der Waals surface area contributed by atoms with Gasteiger partial charge in [0.1, 0.15) is 0 Å². The maximum absolute atomic E-state index is 13.7. The molecule has 0 amide bonds. The summed E-state index contributed by atoms with van der Waals surface area (Å²) in [5.74, 6) is 0.0542. The standard InChI is InChI=1S/C69H56N2O2/c1-5-37-69(71(57-36-26-46-18-14-16-24-52(46)39-57)55-33-29-50(30-34-55)66(73)48-21-11-8-12-22-48)63-41-59-58-40-53-44-68(6-2,60(53)42-61(58)67(3,4)62(59)43-64(63)69)70(56-35-25-45-17-13-15-23-51(45)38-56)54-31-27-49(28-32-54)65(72)47-19-9-7-10-20-47/h7-36,38-43H,5-6,37,44H2,1-4H3. The summed E-state index contributed by atoms with van der Waals surface area (Å²) in [6.45, 7) is 9.46. The fraction of sp³-hybridized carbons (Fsp3) is 0.159. The van der Waals surface area contributed by atoms with Gasteiger partial charge in [0, 0.05) is 56.8 Å². The van der Waals surface area contributed by atoms with Crippen molar-refractivity contribution in [3.8, 4) is 11.1 Å². The highest BCUT2D eigenvalue weighted by Gasteiger charge is 2.57. The maximum Gasteiger partial charge on any atom is 0.193 e. The summed E-state index contributed by atoms with van der Waals surface area (Å²) in [6.07, 6.45) is 3.75. The summed E-state index contributed by atoms with van der Waals surface area (Å²) in [5, 5.41) is 4.82. The molecule has 2 unspecified atom stereocenters. The summed E-state index contributed by atoms with van der Waals surface area (Å²) in [5.41, 5.74) is 17.2. The molecule has 0 saturated carbocycles. The molecule has 354 valence electrons. The Bertz CT molecular complexity index is 3840. The van der Waals surface area contributed by atoms with Gasteiger partial charge in [-0.05, 0) is 158 Å². The maximum atomic E-state index is 13.7. The van der Waals surface area contributed by atoms with E-state index in [9.17, 15) is 9.59 Å². The zero-order valence-corrected chi connectivity index (χ0v) is 41.8. The van der Waals surface area contributed by atoms with E-state index in [1.54, 1.807) is 0 Å². The Morgan fingerprint density at radius 2 is 0.836 bits per heavy atom. The van der Waals surface area contributed by atoms with Crippen LogP contribution in [0.25, 0.3) is 32.7 Å². The van der Waals surface area contributed by atoms with Gasteiger partial charge in [-0.1, -0.05) is 174 Å². The second kappa shape index (κ2) is 16.9. The molecule has 4 heteroatoms. The lowest BCUT2D eigenvalue weighted by Gasteiger charge is -2.53. The number of hydrogen-bond acceptors (Lipinski definition) is 4. The minimum atomic E-state index is -0.360. The average Bonchev–Trinajstić information content (AvgIpc) is 3.99. The van der Waals surface area contributed by atoms with Gasteiger partial charge in [-0.25, -0.2) is 0 Å². The van der Waals surface area contributed by atoms with E-state index in [0.717, 1.165) is 48.4 Å². The molecule has 0 aromatic heterocycles. The molecular formula is C69H56N2O2. The molecule has 3 aliphatic carbocycles. The lowest BCUT2D eigenvalue weighted by molar-refractivity contribution is 0.103. The van der Waals surface area contributed by atoms with Crippen molar-refractivity contribution in [3.63, 3.8) is 0 Å². The van der Waals surface area contributed by atoms with Crippen LogP contribution in [0.2, 0.25) is 0 Å². The van der Waals surface area contributed by atoms with Crippen molar-refractivity contribution in [3.05, 3.63) is 274 Å². The van der Waals surface area contributed by atoms with Crippen molar-refractivity contribution in [1.29, 1.82) is 0 Å². The molecular weight excluding hydrogens is 889 g/mol. The van der Waals surface area contributed by atoms with Crippen molar-refractivity contribution in [1.82, 2.24) is 0 Å². The van der Waals surface area contributed by atoms with Crippen molar-refractivity contribution in [2.75, 3.05) is 9.80 Å². The fourth-order valence-electron chi connectivity index (χ4n) is 12.9. The van der Waals surface area contributed by atoms with Gasteiger partial charge in [0.05, 0.1) is 11.1 Å². The zero-order chi connectivity index (χ0) is 49.6. The van der Waals surface area contributed by atoms with Gasteiger partial charge < -0.3 is 9.80 Å². The lowest BCUT2D eigenvalue weighted by Crippen LogP contribution is -2.51. The molecule has 73 heavy (non-hydrogen) atoms. The van der Waals surface area contributed by atoms with Crippen LogP contribution in [0, 0.1) is 0 Å². The number of carbonyl (C=O) groups is 2. The molecule has 0 N–H and O–H groups in total. The number of fused-ring (bicyclic) bond motifs is 7. The number of rotatable bonds is 13. The Hall–Kier alpha value is -8.34. The van der Waals surface area contributed by atoms with E-state index in [-0.39, 0.29) is 28.1 Å². The molecule has 0 heterocycles. The fourth-order valence-corrected chi connectivity index (χ4v) is 12.9. The van der Waals surface area contributed by atoms with Gasteiger partial charge in [-0.2, -0.15) is 0 Å². The molecule has 0 fully saturated rings. The molecule has 0 saturated heterocycles. The van der Waals surface area contributed by atoms with Crippen molar-refractivity contribution in [2.24, 2.45) is 0 Å². The average molecular weight is 945 g/mol. The molecule has 10 aromatic carbocycles. The smallest absolute Gasteiger partial charge is 0.193 e. The number of anilines is 4. The Kier molecular flexibility index (Phi) is 10.3. The van der Waals surface area contributed by atoms with E-state index in [1.807, 2.05) is 84.9 Å². The monoisotopic (exact) mass is 944 g/mol. The minimum absolute atomic E-state index is 0.0267. The highest BCUT2D eigenvalue weighted by molar-refractivity contribution is 6.10. The first-order valence-electron chi connectivity index (χ1n) is 26.0. The second-order valence-electron chi connectivity index (χ2n) is 21.0. The van der Waals surface area contributed by atoms with Crippen LogP contribution in [0.4, 0.5) is 22.7 Å². The van der Waals surface area contributed by atoms with Crippen LogP contribution >= 0.6 is 0 Å². The first-order valence-corrected chi connectivity index (χ1v) is 26.0. The largest absolute Gasteiger partial charge is 0.331 e. The summed E-state index contributed by atoms with van der Waals surface area (Å²) < 4.78 is 0. The number of nitrogens with zero attached hydrogens (tertiary/aromatic N) is 2. The van der Waals surface area contributed by atoms with Crippen molar-refractivity contribution >= 4 is 55.9 Å². The van der Waals surface area contributed by atoms with Gasteiger partial charge in [-0.3, -0.25) is 9.59 Å². The minimum Gasteiger partial charge on any atom is -0.331 e. The molecule has 0 spiro atoms. The molecule has 0 radical (unpaired) electrons. The third-order valence-electron chi connectivity index (χ3n) is 16.7. The topological polar surface area (TPSA) is 40.6 Å². The van der Waals surface area contributed by atoms with E-state index >= 15 is 0 Å². The third kappa shape index (κ3) is 6.87. The van der Waals surface area contributed by atoms with Crippen LogP contribution in [-0.2, 0) is 22.9 Å². The predicted molar refractivity (Wildman–Crippen MR) is 300 cm³/mol. The van der Waals surface area contributed by atoms with Crippen molar-refractivity contribution in [2.45, 2.75) is 69.9 Å². The molecule has 3 aliphatic rings. The summed E-state index contributed by atoms with van der Waals surface area (Å²) in [7, 11) is 0. The van der Waals surface area contributed by atoms with Gasteiger partial charge in [0.2, 0.25) is 0 Å². The van der Waals surface area contributed by atoms with E-state index < -0.39 is 0 Å². The van der Waals surface area contributed by atoms with Crippen LogP contribution in [0.3, 0.4) is 0 Å². The van der Waals surface area contributed by atoms with Gasteiger partial charge in [0.25, 0.3) is 0 Å². The number of ketones is 2. The Morgan fingerprint density at radius 3 is 1.36 bits per heavy atom. The molecule has 0 bridgehead atoms. The van der Waals surface area contributed by atoms with Crippen LogP contribution in [0.5, 0.6) is 0 Å². The molecule has 10 aromatic rings. The number of carbonyl (C=O) groups excluding carboxylic acids is 2. The van der Waals surface area contributed by atoms with Crippen LogP contribution in [0.1, 0.15) is 112 Å². The second-order valence-corrected chi connectivity index (χ2v) is 21.0. The summed E-state index contributed by atoms with van der Waals surface area (Å²) in [6, 6.07) is 76.7.